The molecule has 134 valence electrons. The van der Waals surface area contributed by atoms with E-state index in [1.54, 1.807) is 46.7 Å². The van der Waals surface area contributed by atoms with Crippen molar-refractivity contribution in [3.8, 4) is 5.95 Å². The number of hydrogen-bond acceptors (Lipinski definition) is 6. The summed E-state index contributed by atoms with van der Waals surface area (Å²) in [6.07, 6.45) is 3.43. The summed E-state index contributed by atoms with van der Waals surface area (Å²) in [5.41, 5.74) is 2.48. The fourth-order valence-electron chi connectivity index (χ4n) is 2.41. The molecule has 0 atom stereocenters. The highest BCUT2D eigenvalue weighted by atomic mass is 32.2. The monoisotopic (exact) mass is 391 g/mol. The Labute approximate surface area is 166 Å². The first-order valence-electron chi connectivity index (χ1n) is 8.46. The van der Waals surface area contributed by atoms with Crippen LogP contribution >= 0.6 is 23.5 Å². The molecule has 0 fully saturated rings. The van der Waals surface area contributed by atoms with Crippen molar-refractivity contribution >= 4 is 23.5 Å². The number of nitrogens with zero attached hydrogens (tertiary/aromatic N) is 5. The van der Waals surface area contributed by atoms with Gasteiger partial charge in [0.05, 0.1) is 0 Å². The van der Waals surface area contributed by atoms with Gasteiger partial charge in [0.1, 0.15) is 0 Å². The first-order valence-corrected chi connectivity index (χ1v) is 10.4. The fourth-order valence-corrected chi connectivity index (χ4v) is 4.13. The van der Waals surface area contributed by atoms with Crippen LogP contribution in [0.5, 0.6) is 0 Å². The lowest BCUT2D eigenvalue weighted by Gasteiger charge is -2.03. The van der Waals surface area contributed by atoms with E-state index in [1.165, 1.54) is 11.1 Å². The van der Waals surface area contributed by atoms with Crippen LogP contribution in [0.25, 0.3) is 5.95 Å². The second-order valence-corrected chi connectivity index (χ2v) is 7.57. The van der Waals surface area contributed by atoms with Crippen molar-refractivity contribution in [3.63, 3.8) is 0 Å². The average Bonchev–Trinajstić information content (AvgIpc) is 3.16. The van der Waals surface area contributed by atoms with Crippen LogP contribution in [0.1, 0.15) is 11.1 Å². The van der Waals surface area contributed by atoms with Crippen LogP contribution in [-0.2, 0) is 11.5 Å². The molecule has 4 aromatic rings. The van der Waals surface area contributed by atoms with Crippen molar-refractivity contribution in [3.05, 3.63) is 90.3 Å². The zero-order valence-electron chi connectivity index (χ0n) is 14.5. The van der Waals surface area contributed by atoms with E-state index < -0.39 is 0 Å². The molecule has 0 amide bonds. The lowest BCUT2D eigenvalue weighted by atomic mass is 10.2. The number of aromatic nitrogens is 5. The Hall–Kier alpha value is -2.64. The minimum absolute atomic E-state index is 0.534. The molecule has 0 aliphatic carbocycles. The lowest BCUT2D eigenvalue weighted by molar-refractivity contribution is 0.722. The summed E-state index contributed by atoms with van der Waals surface area (Å²) in [5.74, 6) is 2.17. The van der Waals surface area contributed by atoms with Crippen LogP contribution in [0.3, 0.4) is 0 Å². The van der Waals surface area contributed by atoms with E-state index in [1.807, 2.05) is 36.4 Å². The summed E-state index contributed by atoms with van der Waals surface area (Å²) in [7, 11) is 0. The maximum Gasteiger partial charge on any atom is 0.252 e. The molecule has 2 heterocycles. The van der Waals surface area contributed by atoms with Gasteiger partial charge in [-0.15, -0.1) is 5.10 Å². The van der Waals surface area contributed by atoms with Crippen molar-refractivity contribution in [2.24, 2.45) is 0 Å². The molecule has 0 saturated heterocycles. The zero-order chi connectivity index (χ0) is 18.3. The third-order valence-corrected chi connectivity index (χ3v) is 5.63. The van der Waals surface area contributed by atoms with Gasteiger partial charge >= 0.3 is 0 Å². The second kappa shape index (κ2) is 8.83. The topological polar surface area (TPSA) is 56.5 Å². The predicted octanol–water partition coefficient (Wildman–Crippen LogP) is 4.64. The molecule has 2 aromatic carbocycles. The molecule has 5 nitrogen and oxygen atoms in total. The molecule has 2 aromatic heterocycles. The zero-order valence-corrected chi connectivity index (χ0v) is 16.1. The molecule has 0 aliphatic heterocycles. The van der Waals surface area contributed by atoms with E-state index in [0.717, 1.165) is 21.8 Å². The molecule has 0 N–H and O–H groups in total. The summed E-state index contributed by atoms with van der Waals surface area (Å²) >= 11 is 3.25. The highest BCUT2D eigenvalue weighted by molar-refractivity contribution is 7.99. The van der Waals surface area contributed by atoms with E-state index in [2.05, 4.69) is 39.3 Å². The molecular weight excluding hydrogens is 374 g/mol. The van der Waals surface area contributed by atoms with Gasteiger partial charge in [-0.1, -0.05) is 84.2 Å². The minimum atomic E-state index is 0.534. The Morgan fingerprint density at radius 3 is 1.93 bits per heavy atom. The van der Waals surface area contributed by atoms with Gasteiger partial charge in [0, 0.05) is 23.9 Å². The van der Waals surface area contributed by atoms with Crippen LogP contribution < -0.4 is 0 Å². The van der Waals surface area contributed by atoms with Crippen molar-refractivity contribution in [1.29, 1.82) is 0 Å². The molecule has 0 bridgehead atoms. The van der Waals surface area contributed by atoms with Crippen molar-refractivity contribution in [1.82, 2.24) is 24.7 Å². The summed E-state index contributed by atoms with van der Waals surface area (Å²) in [6.45, 7) is 0. The summed E-state index contributed by atoms with van der Waals surface area (Å²) in [5, 5.41) is 6.15. The van der Waals surface area contributed by atoms with E-state index in [0.29, 0.717) is 5.95 Å². The highest BCUT2D eigenvalue weighted by Crippen LogP contribution is 2.27. The standard InChI is InChI=1S/C20H17N5S2/c1-3-8-16(9-4-1)14-26-19-23-20(27-15-17-10-5-2-6-11-17)25(24-19)18-21-12-7-13-22-18/h1-13H,14-15H2. The summed E-state index contributed by atoms with van der Waals surface area (Å²) < 4.78 is 1.72. The largest absolute Gasteiger partial charge is 0.252 e. The Kier molecular flexibility index (Phi) is 5.81. The quantitative estimate of drug-likeness (QED) is 0.428. The molecule has 0 spiro atoms. The van der Waals surface area contributed by atoms with Crippen molar-refractivity contribution in [2.45, 2.75) is 21.8 Å². The van der Waals surface area contributed by atoms with Gasteiger partial charge in [-0.05, 0) is 17.2 Å². The van der Waals surface area contributed by atoms with E-state index >= 15 is 0 Å². The molecular formula is C20H17N5S2. The molecule has 0 unspecified atom stereocenters. The van der Waals surface area contributed by atoms with E-state index in [-0.39, 0.29) is 0 Å². The third kappa shape index (κ3) is 4.75. The van der Waals surface area contributed by atoms with Gasteiger partial charge < -0.3 is 0 Å². The number of hydrogen-bond donors (Lipinski definition) is 0. The molecule has 7 heteroatoms. The smallest absolute Gasteiger partial charge is 0.220 e. The van der Waals surface area contributed by atoms with Crippen LogP contribution in [0.4, 0.5) is 0 Å². The average molecular weight is 392 g/mol. The van der Waals surface area contributed by atoms with Gasteiger partial charge in [0.2, 0.25) is 5.16 Å². The van der Waals surface area contributed by atoms with E-state index in [4.69, 9.17) is 4.98 Å². The fraction of sp³-hybridized carbons (Fsp3) is 0.100. The van der Waals surface area contributed by atoms with Crippen molar-refractivity contribution in [2.75, 3.05) is 0 Å². The third-order valence-electron chi connectivity index (χ3n) is 3.72. The van der Waals surface area contributed by atoms with Gasteiger partial charge in [-0.2, -0.15) is 9.67 Å². The Bertz CT molecular complexity index is 975. The van der Waals surface area contributed by atoms with Crippen LogP contribution in [0.2, 0.25) is 0 Å². The molecule has 27 heavy (non-hydrogen) atoms. The highest BCUT2D eigenvalue weighted by Gasteiger charge is 2.14. The van der Waals surface area contributed by atoms with Gasteiger partial charge in [-0.3, -0.25) is 0 Å². The number of benzene rings is 2. The number of rotatable bonds is 7. The maximum absolute atomic E-state index is 4.71. The SMILES string of the molecule is c1ccc(CSc2nc(SCc3ccccc3)n(-c3ncccn3)n2)cc1. The first kappa shape index (κ1) is 17.8. The van der Waals surface area contributed by atoms with Crippen molar-refractivity contribution < 1.29 is 0 Å². The molecule has 0 saturated carbocycles. The Morgan fingerprint density at radius 2 is 1.30 bits per heavy atom. The van der Waals surface area contributed by atoms with Gasteiger partial charge in [-0.25, -0.2) is 9.97 Å². The molecule has 4 rings (SSSR count). The van der Waals surface area contributed by atoms with Crippen LogP contribution in [0.15, 0.2) is 89.4 Å². The molecule has 0 aliphatic rings. The number of thioether (sulfide) groups is 2. The van der Waals surface area contributed by atoms with Gasteiger partial charge in [0.15, 0.2) is 5.16 Å². The Balaban J connectivity index is 1.55. The predicted molar refractivity (Wildman–Crippen MR) is 109 cm³/mol. The normalized spacial score (nSPS) is 10.8. The second-order valence-electron chi connectivity index (χ2n) is 5.69. The Morgan fingerprint density at radius 1 is 0.704 bits per heavy atom. The maximum atomic E-state index is 4.71. The lowest BCUT2D eigenvalue weighted by Crippen LogP contribution is -2.03. The summed E-state index contributed by atoms with van der Waals surface area (Å²) in [6, 6.07) is 22.4. The van der Waals surface area contributed by atoms with Crippen LogP contribution in [0, 0.1) is 0 Å². The van der Waals surface area contributed by atoms with Crippen LogP contribution in [-0.4, -0.2) is 24.7 Å². The van der Waals surface area contributed by atoms with E-state index in [9.17, 15) is 0 Å². The van der Waals surface area contributed by atoms with Gasteiger partial charge in [0.25, 0.3) is 5.95 Å². The summed E-state index contributed by atoms with van der Waals surface area (Å²) in [4.78, 5) is 13.4. The first-order chi connectivity index (χ1) is 13.4. The minimum Gasteiger partial charge on any atom is -0.220 e. The molecule has 0 radical (unpaired) electrons.